The Kier molecular flexibility index (Phi) is 5.67. The molecule has 0 bridgehead atoms. The van der Waals surface area contributed by atoms with Crippen LogP contribution >= 0.6 is 11.6 Å². The van der Waals surface area contributed by atoms with E-state index in [4.69, 9.17) is 16.3 Å². The van der Waals surface area contributed by atoms with Crippen LogP contribution in [-0.4, -0.2) is 25.7 Å². The Labute approximate surface area is 119 Å². The average Bonchev–Trinajstić information content (AvgIpc) is 2.44. The van der Waals surface area contributed by atoms with Crippen molar-refractivity contribution in [2.75, 3.05) is 19.8 Å². The van der Waals surface area contributed by atoms with Gasteiger partial charge in [0.1, 0.15) is 0 Å². The van der Waals surface area contributed by atoms with E-state index in [-0.39, 0.29) is 5.91 Å². The van der Waals surface area contributed by atoms with Gasteiger partial charge >= 0.3 is 0 Å². The highest BCUT2D eigenvalue weighted by molar-refractivity contribution is 6.30. The molecule has 19 heavy (non-hydrogen) atoms. The van der Waals surface area contributed by atoms with Gasteiger partial charge in [0, 0.05) is 30.3 Å². The van der Waals surface area contributed by atoms with E-state index in [2.05, 4.69) is 5.32 Å². The van der Waals surface area contributed by atoms with E-state index in [1.54, 1.807) is 24.3 Å². The fourth-order valence-corrected chi connectivity index (χ4v) is 2.55. The number of amides is 1. The van der Waals surface area contributed by atoms with Crippen molar-refractivity contribution in [3.8, 4) is 0 Å². The first kappa shape index (κ1) is 14.4. The Balaban J connectivity index is 1.66. The number of carbonyl (C=O) groups excluding carboxylic acids is 1. The topological polar surface area (TPSA) is 38.3 Å². The summed E-state index contributed by atoms with van der Waals surface area (Å²) in [5.74, 6) is 0.714. The molecule has 0 aromatic heterocycles. The molecule has 2 rings (SSSR count). The maximum Gasteiger partial charge on any atom is 0.251 e. The van der Waals surface area contributed by atoms with E-state index < -0.39 is 0 Å². The molecule has 1 aliphatic rings. The summed E-state index contributed by atoms with van der Waals surface area (Å²) in [6.45, 7) is 2.50. The van der Waals surface area contributed by atoms with Crippen LogP contribution in [0.5, 0.6) is 0 Å². The molecule has 0 radical (unpaired) electrons. The molecule has 0 saturated carbocycles. The van der Waals surface area contributed by atoms with E-state index in [1.807, 2.05) is 0 Å². The quantitative estimate of drug-likeness (QED) is 0.841. The number of halogens is 1. The Morgan fingerprint density at radius 3 is 2.89 bits per heavy atom. The van der Waals surface area contributed by atoms with Crippen molar-refractivity contribution in [3.05, 3.63) is 34.9 Å². The third-order valence-electron chi connectivity index (χ3n) is 3.50. The molecule has 3 nitrogen and oxygen atoms in total. The molecule has 0 atom stereocenters. The lowest BCUT2D eigenvalue weighted by molar-refractivity contribution is 0.0631. The van der Waals surface area contributed by atoms with Crippen molar-refractivity contribution in [2.45, 2.75) is 25.7 Å². The molecule has 1 N–H and O–H groups in total. The van der Waals surface area contributed by atoms with Crippen LogP contribution in [0.15, 0.2) is 24.3 Å². The van der Waals surface area contributed by atoms with E-state index in [0.717, 1.165) is 44.9 Å². The van der Waals surface area contributed by atoms with Crippen molar-refractivity contribution in [1.82, 2.24) is 5.32 Å². The lowest BCUT2D eigenvalue weighted by Crippen LogP contribution is -2.25. The van der Waals surface area contributed by atoms with Gasteiger partial charge in [0.15, 0.2) is 0 Å². The Morgan fingerprint density at radius 2 is 2.16 bits per heavy atom. The van der Waals surface area contributed by atoms with Gasteiger partial charge in [-0.15, -0.1) is 0 Å². The largest absolute Gasteiger partial charge is 0.381 e. The van der Waals surface area contributed by atoms with Crippen LogP contribution in [0, 0.1) is 5.92 Å². The first-order chi connectivity index (χ1) is 9.25. The van der Waals surface area contributed by atoms with Gasteiger partial charge in [-0.1, -0.05) is 17.7 Å². The lowest BCUT2D eigenvalue weighted by Gasteiger charge is -2.21. The summed E-state index contributed by atoms with van der Waals surface area (Å²) < 4.78 is 5.33. The SMILES string of the molecule is O=C(NCCCC1CCOCC1)c1cccc(Cl)c1. The third-order valence-corrected chi connectivity index (χ3v) is 3.74. The van der Waals surface area contributed by atoms with Crippen LogP contribution in [0.25, 0.3) is 0 Å². The highest BCUT2D eigenvalue weighted by Gasteiger charge is 2.13. The fraction of sp³-hybridized carbons (Fsp3) is 0.533. The van der Waals surface area contributed by atoms with Crippen LogP contribution in [0.4, 0.5) is 0 Å². The minimum atomic E-state index is -0.0468. The highest BCUT2D eigenvalue weighted by atomic mass is 35.5. The lowest BCUT2D eigenvalue weighted by atomic mass is 9.95. The second kappa shape index (κ2) is 7.51. The van der Waals surface area contributed by atoms with Crippen LogP contribution in [0.1, 0.15) is 36.0 Å². The molecule has 1 aromatic carbocycles. The number of rotatable bonds is 5. The number of benzene rings is 1. The molecule has 0 unspecified atom stereocenters. The van der Waals surface area contributed by atoms with Gasteiger partial charge in [-0.05, 0) is 49.8 Å². The summed E-state index contributed by atoms with van der Waals surface area (Å²) in [5, 5.41) is 3.53. The summed E-state index contributed by atoms with van der Waals surface area (Å²) in [5.41, 5.74) is 0.624. The van der Waals surface area contributed by atoms with Gasteiger partial charge < -0.3 is 10.1 Å². The van der Waals surface area contributed by atoms with Crippen molar-refractivity contribution in [2.24, 2.45) is 5.92 Å². The predicted molar refractivity (Wildman–Crippen MR) is 76.6 cm³/mol. The third kappa shape index (κ3) is 4.84. The number of ether oxygens (including phenoxy) is 1. The highest BCUT2D eigenvalue weighted by Crippen LogP contribution is 2.19. The molecule has 1 amide bonds. The maximum absolute atomic E-state index is 11.9. The molecule has 1 aliphatic heterocycles. The monoisotopic (exact) mass is 281 g/mol. The summed E-state index contributed by atoms with van der Waals surface area (Å²) in [6.07, 6.45) is 4.50. The van der Waals surface area contributed by atoms with Crippen molar-refractivity contribution >= 4 is 17.5 Å². The second-order valence-electron chi connectivity index (χ2n) is 4.96. The van der Waals surface area contributed by atoms with Crippen LogP contribution in [-0.2, 0) is 4.74 Å². The van der Waals surface area contributed by atoms with Crippen LogP contribution in [0.2, 0.25) is 5.02 Å². The molecular formula is C15H20ClNO2. The van der Waals surface area contributed by atoms with Gasteiger partial charge in [-0.25, -0.2) is 0 Å². The Bertz CT molecular complexity index is 416. The van der Waals surface area contributed by atoms with Crippen molar-refractivity contribution in [3.63, 3.8) is 0 Å². The summed E-state index contributed by atoms with van der Waals surface area (Å²) in [7, 11) is 0. The van der Waals surface area contributed by atoms with Crippen LogP contribution in [0.3, 0.4) is 0 Å². The molecule has 0 aliphatic carbocycles. The number of hydrogen-bond donors (Lipinski definition) is 1. The van der Waals surface area contributed by atoms with E-state index in [9.17, 15) is 4.79 Å². The van der Waals surface area contributed by atoms with Gasteiger partial charge in [-0.3, -0.25) is 4.79 Å². The fourth-order valence-electron chi connectivity index (χ4n) is 2.36. The number of nitrogens with one attached hydrogen (secondary N) is 1. The molecule has 4 heteroatoms. The zero-order valence-electron chi connectivity index (χ0n) is 11.0. The Morgan fingerprint density at radius 1 is 1.37 bits per heavy atom. The first-order valence-electron chi connectivity index (χ1n) is 6.87. The number of carbonyl (C=O) groups is 1. The first-order valence-corrected chi connectivity index (χ1v) is 7.25. The predicted octanol–water partition coefficient (Wildman–Crippen LogP) is 3.28. The summed E-state index contributed by atoms with van der Waals surface area (Å²) >= 11 is 5.86. The van der Waals surface area contributed by atoms with E-state index in [1.165, 1.54) is 6.42 Å². The standard InChI is InChI=1S/C15H20ClNO2/c16-14-5-1-4-13(11-14)15(18)17-8-2-3-12-6-9-19-10-7-12/h1,4-5,11-12H,2-3,6-10H2,(H,17,18). The summed E-state index contributed by atoms with van der Waals surface area (Å²) in [6, 6.07) is 7.03. The van der Waals surface area contributed by atoms with Crippen LogP contribution < -0.4 is 5.32 Å². The average molecular weight is 282 g/mol. The Hall–Kier alpha value is -1.06. The zero-order chi connectivity index (χ0) is 13.5. The molecule has 1 heterocycles. The molecule has 0 spiro atoms. The minimum Gasteiger partial charge on any atom is -0.381 e. The van der Waals surface area contributed by atoms with Crippen molar-refractivity contribution in [1.29, 1.82) is 0 Å². The summed E-state index contributed by atoms with van der Waals surface area (Å²) in [4.78, 5) is 11.9. The number of hydrogen-bond acceptors (Lipinski definition) is 2. The molecule has 1 saturated heterocycles. The zero-order valence-corrected chi connectivity index (χ0v) is 11.8. The molecule has 104 valence electrons. The minimum absolute atomic E-state index is 0.0468. The molecular weight excluding hydrogens is 262 g/mol. The van der Waals surface area contributed by atoms with E-state index in [0.29, 0.717) is 10.6 Å². The van der Waals surface area contributed by atoms with Gasteiger partial charge in [0.2, 0.25) is 0 Å². The van der Waals surface area contributed by atoms with Gasteiger partial charge in [0.25, 0.3) is 5.91 Å². The van der Waals surface area contributed by atoms with Crippen molar-refractivity contribution < 1.29 is 9.53 Å². The molecule has 1 fully saturated rings. The van der Waals surface area contributed by atoms with Gasteiger partial charge in [-0.2, -0.15) is 0 Å². The van der Waals surface area contributed by atoms with Gasteiger partial charge in [0.05, 0.1) is 0 Å². The smallest absolute Gasteiger partial charge is 0.251 e. The molecule has 1 aromatic rings. The maximum atomic E-state index is 11.9. The van der Waals surface area contributed by atoms with E-state index >= 15 is 0 Å². The second-order valence-corrected chi connectivity index (χ2v) is 5.40. The normalized spacial score (nSPS) is 16.3.